The third-order valence-electron chi connectivity index (χ3n) is 14.8. The van der Waals surface area contributed by atoms with E-state index in [4.69, 9.17) is 0 Å². The molecule has 5 aliphatic carbocycles. The number of allylic oxidation sites excluding steroid dienone is 7. The van der Waals surface area contributed by atoms with Crippen LogP contribution in [-0.2, 0) is 14.4 Å². The lowest BCUT2D eigenvalue weighted by Crippen LogP contribution is -2.65. The number of aliphatic hydroxyl groups is 1. The molecule has 7 atom stereocenters. The van der Waals surface area contributed by atoms with Crippen molar-refractivity contribution in [3.63, 3.8) is 0 Å². The summed E-state index contributed by atoms with van der Waals surface area (Å²) >= 11 is 0. The molecule has 244 valence electrons. The number of likely N-dealkylation sites (tertiary alicyclic amines) is 2. The summed E-state index contributed by atoms with van der Waals surface area (Å²) < 4.78 is 0. The van der Waals surface area contributed by atoms with Crippen LogP contribution in [0, 0.1) is 33.5 Å². The highest BCUT2D eigenvalue weighted by Crippen LogP contribution is 2.75. The Kier molecular flexibility index (Phi) is 6.82. The molecular formula is C38H53N3O4. The first kappa shape index (κ1) is 31.0. The lowest BCUT2D eigenvalue weighted by atomic mass is 9.35. The summed E-state index contributed by atoms with van der Waals surface area (Å²) in [5, 5.41) is 13.7. The lowest BCUT2D eigenvalue weighted by molar-refractivity contribution is -0.161. The van der Waals surface area contributed by atoms with Crippen molar-refractivity contribution >= 4 is 17.6 Å². The predicted octanol–water partition coefficient (Wildman–Crippen LogP) is 6.03. The van der Waals surface area contributed by atoms with Crippen LogP contribution in [0.5, 0.6) is 0 Å². The maximum Gasteiger partial charge on any atom is 0.311 e. The third-order valence-corrected chi connectivity index (χ3v) is 14.8. The van der Waals surface area contributed by atoms with E-state index in [1.54, 1.807) is 11.0 Å². The van der Waals surface area contributed by atoms with Gasteiger partial charge < -0.3 is 20.2 Å². The molecule has 2 amide bonds. The fraction of sp³-hybridized carbons (Fsp3) is 0.711. The number of ketones is 1. The van der Waals surface area contributed by atoms with Crippen LogP contribution in [0.2, 0.25) is 0 Å². The SMILES string of the molecule is CC1=C(O)C(=O)C=C2C1=CC=C1[C@@]2(C)CC[C@@]2(C)C3C[C@](C)(NC(=O)C(=O)N4CC(C5CCCN5C)C4)CC[C@]3(C)CC[C@]12C. The summed E-state index contributed by atoms with van der Waals surface area (Å²) in [5.74, 6) is -0.367. The van der Waals surface area contributed by atoms with Crippen molar-refractivity contribution in [1.82, 2.24) is 15.1 Å². The molecule has 0 bridgehead atoms. The molecule has 7 rings (SSSR count). The Morgan fingerprint density at radius 1 is 0.978 bits per heavy atom. The zero-order chi connectivity index (χ0) is 32.3. The van der Waals surface area contributed by atoms with E-state index in [2.05, 4.69) is 64.0 Å². The Hall–Kier alpha value is -2.67. The quantitative estimate of drug-likeness (QED) is 0.370. The molecule has 45 heavy (non-hydrogen) atoms. The van der Waals surface area contributed by atoms with E-state index in [1.165, 1.54) is 18.4 Å². The molecule has 2 unspecified atom stereocenters. The second-order valence-electron chi connectivity index (χ2n) is 17.2. The Morgan fingerprint density at radius 3 is 2.38 bits per heavy atom. The van der Waals surface area contributed by atoms with Crippen LogP contribution < -0.4 is 5.32 Å². The molecule has 3 saturated carbocycles. The highest BCUT2D eigenvalue weighted by atomic mass is 16.3. The van der Waals surface area contributed by atoms with Gasteiger partial charge in [-0.25, -0.2) is 0 Å². The summed E-state index contributed by atoms with van der Waals surface area (Å²) in [6, 6.07) is 0.535. The monoisotopic (exact) mass is 615 g/mol. The Balaban J connectivity index is 1.12. The van der Waals surface area contributed by atoms with Crippen molar-refractivity contribution in [1.29, 1.82) is 0 Å². The van der Waals surface area contributed by atoms with Crippen molar-refractivity contribution in [3.05, 3.63) is 46.3 Å². The predicted molar refractivity (Wildman–Crippen MR) is 175 cm³/mol. The molecule has 2 aliphatic heterocycles. The molecular weight excluding hydrogens is 562 g/mol. The molecule has 0 spiro atoms. The minimum Gasteiger partial charge on any atom is -0.504 e. The zero-order valence-electron chi connectivity index (χ0n) is 28.5. The minimum atomic E-state index is -0.437. The van der Waals surface area contributed by atoms with Gasteiger partial charge in [0.1, 0.15) is 0 Å². The molecule has 0 aromatic heterocycles. The molecule has 2 heterocycles. The first-order valence-corrected chi connectivity index (χ1v) is 17.5. The fourth-order valence-electron chi connectivity index (χ4n) is 11.5. The number of carbonyl (C=O) groups excluding carboxylic acids is 3. The van der Waals surface area contributed by atoms with Crippen LogP contribution in [0.15, 0.2) is 46.3 Å². The summed E-state index contributed by atoms with van der Waals surface area (Å²) in [6.45, 7) is 16.2. The number of hydrogen-bond donors (Lipinski definition) is 2. The van der Waals surface area contributed by atoms with Crippen LogP contribution in [0.1, 0.15) is 99.3 Å². The maximum atomic E-state index is 13.5. The number of amides is 2. The van der Waals surface area contributed by atoms with Crippen LogP contribution in [0.4, 0.5) is 0 Å². The first-order chi connectivity index (χ1) is 21.1. The van der Waals surface area contributed by atoms with Crippen LogP contribution in [0.25, 0.3) is 0 Å². The topological polar surface area (TPSA) is 89.9 Å². The summed E-state index contributed by atoms with van der Waals surface area (Å²) in [4.78, 5) is 43.7. The largest absolute Gasteiger partial charge is 0.504 e. The average molecular weight is 616 g/mol. The number of fused-ring (bicyclic) bond motifs is 7. The molecule has 0 radical (unpaired) electrons. The van der Waals surface area contributed by atoms with Crippen LogP contribution >= 0.6 is 0 Å². The van der Waals surface area contributed by atoms with Gasteiger partial charge in [0, 0.05) is 41.6 Å². The smallest absolute Gasteiger partial charge is 0.311 e. The fourth-order valence-corrected chi connectivity index (χ4v) is 11.5. The second kappa shape index (κ2) is 9.92. The second-order valence-corrected chi connectivity index (χ2v) is 17.2. The average Bonchev–Trinajstić information content (AvgIpc) is 3.38. The van der Waals surface area contributed by atoms with E-state index < -0.39 is 11.4 Å². The van der Waals surface area contributed by atoms with Crippen molar-refractivity contribution < 1.29 is 19.5 Å². The molecule has 7 nitrogen and oxygen atoms in total. The number of nitrogens with zero attached hydrogens (tertiary/aromatic N) is 2. The van der Waals surface area contributed by atoms with E-state index in [0.29, 0.717) is 36.5 Å². The van der Waals surface area contributed by atoms with Gasteiger partial charge in [-0.15, -0.1) is 0 Å². The van der Waals surface area contributed by atoms with Gasteiger partial charge in [-0.05, 0) is 125 Å². The summed E-state index contributed by atoms with van der Waals surface area (Å²) in [7, 11) is 2.17. The minimum absolute atomic E-state index is 0.00261. The van der Waals surface area contributed by atoms with Gasteiger partial charge in [0.15, 0.2) is 5.76 Å². The van der Waals surface area contributed by atoms with Crippen molar-refractivity contribution in [2.45, 2.75) is 111 Å². The number of carbonyl (C=O) groups is 3. The van der Waals surface area contributed by atoms with E-state index in [1.807, 2.05) is 6.92 Å². The normalized spacial score (nSPS) is 43.2. The van der Waals surface area contributed by atoms with Gasteiger partial charge in [-0.3, -0.25) is 14.4 Å². The molecule has 0 aromatic carbocycles. The third kappa shape index (κ3) is 4.27. The lowest BCUT2D eigenvalue weighted by Gasteiger charge is -2.70. The van der Waals surface area contributed by atoms with E-state index in [0.717, 1.165) is 62.6 Å². The Bertz CT molecular complexity index is 1500. The first-order valence-electron chi connectivity index (χ1n) is 17.5. The van der Waals surface area contributed by atoms with Crippen molar-refractivity contribution in [2.75, 3.05) is 26.7 Å². The van der Waals surface area contributed by atoms with E-state index in [-0.39, 0.29) is 39.1 Å². The van der Waals surface area contributed by atoms with Gasteiger partial charge in [0.2, 0.25) is 5.78 Å². The maximum absolute atomic E-state index is 13.5. The summed E-state index contributed by atoms with van der Waals surface area (Å²) in [5.41, 5.74) is 3.55. The number of hydrogen-bond acceptors (Lipinski definition) is 5. The highest BCUT2D eigenvalue weighted by Gasteiger charge is 2.67. The van der Waals surface area contributed by atoms with Gasteiger partial charge >= 0.3 is 11.8 Å². The van der Waals surface area contributed by atoms with E-state index >= 15 is 0 Å². The van der Waals surface area contributed by atoms with Crippen molar-refractivity contribution in [2.24, 2.45) is 33.5 Å². The molecule has 7 heteroatoms. The number of rotatable bonds is 2. The van der Waals surface area contributed by atoms with Gasteiger partial charge in [0.25, 0.3) is 0 Å². The van der Waals surface area contributed by atoms with E-state index in [9.17, 15) is 19.5 Å². The van der Waals surface area contributed by atoms with Gasteiger partial charge in [0.05, 0.1) is 0 Å². The molecule has 7 aliphatic rings. The zero-order valence-corrected chi connectivity index (χ0v) is 28.5. The number of aliphatic hydroxyl groups excluding tert-OH is 1. The molecule has 2 N–H and O–H groups in total. The standard InChI is InChI=1S/C38H53N3O4/c1-23-25-10-11-29-36(4,26(25)19-28(42)31(23)43)15-17-38(6)30-20-35(3,14-12-34(30,2)13-16-37(29,38)5)39-32(44)33(45)41-21-24(22-41)27-9-8-18-40(27)7/h10-11,19,24,27,30,43H,8-9,12-18,20-22H2,1-7H3,(H,39,44)/t27?,30?,34-,35-,36+,37-,38+/m1/s1. The molecule has 2 saturated heterocycles. The van der Waals surface area contributed by atoms with Crippen LogP contribution in [-0.4, -0.2) is 70.8 Å². The molecule has 0 aromatic rings. The Labute approximate surface area is 269 Å². The van der Waals surface area contributed by atoms with Crippen molar-refractivity contribution in [3.8, 4) is 0 Å². The number of nitrogens with one attached hydrogen (secondary N) is 1. The van der Waals surface area contributed by atoms with Gasteiger partial charge in [-0.1, -0.05) is 45.4 Å². The summed E-state index contributed by atoms with van der Waals surface area (Å²) in [6.07, 6.45) is 15.5. The molecule has 5 fully saturated rings. The highest BCUT2D eigenvalue weighted by molar-refractivity contribution is 6.35. The van der Waals surface area contributed by atoms with Gasteiger partial charge in [-0.2, -0.15) is 0 Å². The van der Waals surface area contributed by atoms with Crippen LogP contribution in [0.3, 0.4) is 0 Å². The Morgan fingerprint density at radius 2 is 1.69 bits per heavy atom.